The number of rotatable bonds is 13. The van der Waals surface area contributed by atoms with E-state index in [2.05, 4.69) is 75.4 Å². The van der Waals surface area contributed by atoms with E-state index >= 15 is 0 Å². The summed E-state index contributed by atoms with van der Waals surface area (Å²) in [4.78, 5) is 0. The third-order valence-corrected chi connectivity index (χ3v) is 6.47. The topological polar surface area (TPSA) is 25.3 Å². The van der Waals surface area contributed by atoms with Crippen molar-refractivity contribution in [3.8, 4) is 0 Å². The van der Waals surface area contributed by atoms with Gasteiger partial charge < -0.3 is 5.53 Å². The molecule has 3 rings (SSSR count). The van der Waals surface area contributed by atoms with Gasteiger partial charge in [-0.2, -0.15) is 0 Å². The molecule has 0 saturated heterocycles. The molecule has 0 aromatic heterocycles. The number of allylic oxidation sites excluding steroid dienone is 2. The molecule has 0 radical (unpaired) electrons. The zero-order valence-corrected chi connectivity index (χ0v) is 20.4. The number of hydrogen-bond acceptors (Lipinski definition) is 0. The third kappa shape index (κ3) is 6.28. The van der Waals surface area contributed by atoms with Crippen LogP contribution < -0.4 is 0 Å². The van der Waals surface area contributed by atoms with Crippen LogP contribution in [0.4, 0.5) is 0 Å². The average Bonchev–Trinajstić information content (AvgIpc) is 3.15. The monoisotopic (exact) mass is 428 g/mol. The molecule has 170 valence electrons. The van der Waals surface area contributed by atoms with Crippen LogP contribution in [0.25, 0.3) is 16.9 Å². The van der Waals surface area contributed by atoms with Gasteiger partial charge in [0, 0.05) is 22.8 Å². The van der Waals surface area contributed by atoms with Crippen molar-refractivity contribution < 1.29 is 4.70 Å². The lowest BCUT2D eigenvalue weighted by atomic mass is 10.0. The highest BCUT2D eigenvalue weighted by Gasteiger charge is 2.28. The normalized spacial score (nSPS) is 13.7. The Morgan fingerprint density at radius 2 is 1.12 bits per heavy atom. The molecule has 0 spiro atoms. The molecule has 0 fully saturated rings. The van der Waals surface area contributed by atoms with Crippen LogP contribution in [0.2, 0.25) is 0 Å². The minimum absolute atomic E-state index is 0.888. The van der Waals surface area contributed by atoms with Crippen molar-refractivity contribution in [2.75, 3.05) is 0 Å². The highest BCUT2D eigenvalue weighted by atomic mass is 15.2. The van der Waals surface area contributed by atoms with Gasteiger partial charge in [-0.05, 0) is 73.9 Å². The van der Waals surface area contributed by atoms with Crippen molar-refractivity contribution in [2.24, 2.45) is 0 Å². The zero-order valence-electron chi connectivity index (χ0n) is 20.4. The molecule has 2 aromatic rings. The van der Waals surface area contributed by atoms with Crippen molar-refractivity contribution in [2.45, 2.75) is 91.4 Å². The standard InChI is InChI=1S/C30H40N2/c1-4-7-10-11-13-25-15-19-26(20-16-25)29-23-28(14-9-6-3)30(32(29)31)27-21-17-24(18-22-27)12-8-5-2/h15-23H,4-14H2,1-3H3. The van der Waals surface area contributed by atoms with Gasteiger partial charge in [0.2, 0.25) is 11.4 Å². The Bertz CT molecular complexity index is 930. The van der Waals surface area contributed by atoms with E-state index in [-0.39, 0.29) is 0 Å². The Balaban J connectivity index is 1.77. The SMILES string of the molecule is CCCCCCc1ccc(C2=CC(CCCC)=C(c3ccc(CCCC)cc3)[N+]2=[N-])cc1. The molecule has 0 aliphatic carbocycles. The van der Waals surface area contributed by atoms with E-state index in [1.165, 1.54) is 59.9 Å². The summed E-state index contributed by atoms with van der Waals surface area (Å²) >= 11 is 0. The van der Waals surface area contributed by atoms with Crippen LogP contribution in [0.3, 0.4) is 0 Å². The quantitative estimate of drug-likeness (QED) is 0.224. The summed E-state index contributed by atoms with van der Waals surface area (Å²) in [5.74, 6) is 0. The number of unbranched alkanes of at least 4 members (excludes halogenated alkanes) is 5. The molecule has 1 aliphatic heterocycles. The molecule has 1 aliphatic rings. The first-order valence-electron chi connectivity index (χ1n) is 12.8. The van der Waals surface area contributed by atoms with Crippen molar-refractivity contribution in [1.82, 2.24) is 0 Å². The van der Waals surface area contributed by atoms with Crippen LogP contribution in [0, 0.1) is 0 Å². The second kappa shape index (κ2) is 12.5. The molecule has 32 heavy (non-hydrogen) atoms. The van der Waals surface area contributed by atoms with Crippen LogP contribution in [0.5, 0.6) is 0 Å². The molecule has 0 unspecified atom stereocenters. The van der Waals surface area contributed by atoms with E-state index < -0.39 is 0 Å². The minimum atomic E-state index is 0.888. The maximum atomic E-state index is 11.2. The third-order valence-electron chi connectivity index (χ3n) is 6.47. The van der Waals surface area contributed by atoms with Crippen LogP contribution in [0.1, 0.15) is 101 Å². The maximum absolute atomic E-state index is 11.2. The number of hydrogen-bond donors (Lipinski definition) is 0. The largest absolute Gasteiger partial charge is 0.493 e. The fourth-order valence-corrected chi connectivity index (χ4v) is 4.43. The zero-order chi connectivity index (χ0) is 22.8. The van der Waals surface area contributed by atoms with Gasteiger partial charge in [-0.25, -0.2) is 4.70 Å². The second-order valence-electron chi connectivity index (χ2n) is 9.13. The Hall–Kier alpha value is -2.48. The van der Waals surface area contributed by atoms with E-state index in [0.29, 0.717) is 0 Å². The second-order valence-corrected chi connectivity index (χ2v) is 9.13. The van der Waals surface area contributed by atoms with Crippen LogP contribution in [-0.4, -0.2) is 4.70 Å². The summed E-state index contributed by atoms with van der Waals surface area (Å²) in [7, 11) is 0. The average molecular weight is 429 g/mol. The Kier molecular flexibility index (Phi) is 9.46. The molecular weight excluding hydrogens is 388 g/mol. The lowest BCUT2D eigenvalue weighted by Gasteiger charge is -2.11. The van der Waals surface area contributed by atoms with E-state index in [4.69, 9.17) is 0 Å². The lowest BCUT2D eigenvalue weighted by molar-refractivity contribution is -0.344. The van der Waals surface area contributed by atoms with E-state index in [1.54, 1.807) is 0 Å². The van der Waals surface area contributed by atoms with Gasteiger partial charge >= 0.3 is 0 Å². The smallest absolute Gasteiger partial charge is 0.210 e. The molecule has 0 amide bonds. The highest BCUT2D eigenvalue weighted by molar-refractivity contribution is 5.78. The Morgan fingerprint density at radius 1 is 0.594 bits per heavy atom. The Labute approximate surface area is 195 Å². The summed E-state index contributed by atoms with van der Waals surface area (Å²) < 4.78 is 1.42. The van der Waals surface area contributed by atoms with Gasteiger partial charge in [0.15, 0.2) is 0 Å². The van der Waals surface area contributed by atoms with Crippen molar-refractivity contribution in [3.63, 3.8) is 0 Å². The molecule has 2 nitrogen and oxygen atoms in total. The first-order valence-corrected chi connectivity index (χ1v) is 12.8. The molecule has 0 atom stereocenters. The van der Waals surface area contributed by atoms with Gasteiger partial charge in [-0.3, -0.25) is 0 Å². The van der Waals surface area contributed by atoms with Gasteiger partial charge in [-0.15, -0.1) is 0 Å². The van der Waals surface area contributed by atoms with Crippen LogP contribution >= 0.6 is 0 Å². The van der Waals surface area contributed by atoms with Gasteiger partial charge in [-0.1, -0.05) is 77.1 Å². The number of nitrogens with zero attached hydrogens (tertiary/aromatic N) is 2. The van der Waals surface area contributed by atoms with Crippen LogP contribution in [-0.2, 0) is 12.8 Å². The highest BCUT2D eigenvalue weighted by Crippen LogP contribution is 2.37. The molecule has 0 saturated carbocycles. The fraction of sp³-hybridized carbons (Fsp3) is 0.467. The molecular formula is C30H40N2. The molecule has 0 N–H and O–H groups in total. The summed E-state index contributed by atoms with van der Waals surface area (Å²) in [5.41, 5.74) is 19.2. The number of aryl methyl sites for hydroxylation is 2. The van der Waals surface area contributed by atoms with Crippen LogP contribution in [0.15, 0.2) is 60.2 Å². The van der Waals surface area contributed by atoms with Crippen molar-refractivity contribution >= 4 is 11.4 Å². The number of benzene rings is 2. The summed E-state index contributed by atoms with van der Waals surface area (Å²) in [6.45, 7) is 6.70. The van der Waals surface area contributed by atoms with Gasteiger partial charge in [0.25, 0.3) is 0 Å². The molecule has 1 heterocycles. The first-order chi connectivity index (χ1) is 15.7. The van der Waals surface area contributed by atoms with Gasteiger partial charge in [0.1, 0.15) is 0 Å². The predicted octanol–water partition coefficient (Wildman–Crippen LogP) is 9.14. The van der Waals surface area contributed by atoms with Crippen molar-refractivity contribution in [1.29, 1.82) is 0 Å². The summed E-state index contributed by atoms with van der Waals surface area (Å²) in [5, 5.41) is 0. The molecule has 2 heteroatoms. The molecule has 2 aromatic carbocycles. The lowest BCUT2D eigenvalue weighted by Crippen LogP contribution is -2.02. The van der Waals surface area contributed by atoms with E-state index in [9.17, 15) is 5.53 Å². The minimum Gasteiger partial charge on any atom is -0.493 e. The fourth-order valence-electron chi connectivity index (χ4n) is 4.43. The van der Waals surface area contributed by atoms with Gasteiger partial charge in [0.05, 0.1) is 0 Å². The predicted molar refractivity (Wildman–Crippen MR) is 137 cm³/mol. The first kappa shape index (κ1) is 24.2. The Morgan fingerprint density at radius 3 is 1.72 bits per heavy atom. The van der Waals surface area contributed by atoms with E-state index in [1.807, 2.05) is 0 Å². The summed E-state index contributed by atoms with van der Waals surface area (Å²) in [6, 6.07) is 17.6. The maximum Gasteiger partial charge on any atom is 0.210 e. The van der Waals surface area contributed by atoms with Crippen molar-refractivity contribution in [3.05, 3.63) is 88.0 Å². The summed E-state index contributed by atoms with van der Waals surface area (Å²) in [6.07, 6.45) is 15.3. The van der Waals surface area contributed by atoms with E-state index in [0.717, 1.165) is 54.6 Å². The molecule has 0 bridgehead atoms.